The molecule has 0 atom stereocenters. The molecule has 1 aliphatic rings. The van der Waals surface area contributed by atoms with Gasteiger partial charge in [-0.25, -0.2) is 9.89 Å². The number of hydrogen-bond acceptors (Lipinski definition) is 5. The SMILES string of the molecule is O=c1[nH]nc(-c2ccccc2)n1NC=C1C=CC(=[N+]([O-])[O-])C=C1. The van der Waals surface area contributed by atoms with Gasteiger partial charge in [-0.3, -0.25) is 5.43 Å². The molecule has 23 heavy (non-hydrogen) atoms. The van der Waals surface area contributed by atoms with Gasteiger partial charge in [0.15, 0.2) is 5.82 Å². The normalized spacial score (nSPS) is 13.2. The summed E-state index contributed by atoms with van der Waals surface area (Å²) in [6.45, 7) is 0. The molecule has 1 heterocycles. The van der Waals surface area contributed by atoms with Crippen molar-refractivity contribution in [1.82, 2.24) is 14.9 Å². The fourth-order valence-electron chi connectivity index (χ4n) is 2.03. The Morgan fingerprint density at radius 3 is 2.48 bits per heavy atom. The van der Waals surface area contributed by atoms with E-state index in [2.05, 4.69) is 15.6 Å². The summed E-state index contributed by atoms with van der Waals surface area (Å²) in [5, 5.41) is 27.6. The van der Waals surface area contributed by atoms with E-state index >= 15 is 0 Å². The maximum Gasteiger partial charge on any atom is 0.362 e. The molecule has 3 rings (SSSR count). The van der Waals surface area contributed by atoms with Crippen LogP contribution in [0, 0.1) is 10.4 Å². The first-order valence-corrected chi connectivity index (χ1v) is 6.72. The van der Waals surface area contributed by atoms with Crippen LogP contribution in [0.15, 0.2) is 71.2 Å². The Morgan fingerprint density at radius 1 is 1.13 bits per heavy atom. The van der Waals surface area contributed by atoms with Crippen LogP contribution in [-0.4, -0.2) is 25.5 Å². The second kappa shape index (κ2) is 6.06. The Bertz CT molecular complexity index is 865. The average Bonchev–Trinajstić information content (AvgIpc) is 2.95. The molecule has 0 saturated carbocycles. The zero-order chi connectivity index (χ0) is 16.2. The highest BCUT2D eigenvalue weighted by molar-refractivity contribution is 6.02. The average molecular weight is 310 g/mol. The maximum absolute atomic E-state index is 11.9. The summed E-state index contributed by atoms with van der Waals surface area (Å²) in [5.74, 6) is 0.439. The van der Waals surface area contributed by atoms with Crippen LogP contribution < -0.4 is 11.1 Å². The molecule has 0 saturated heterocycles. The van der Waals surface area contributed by atoms with E-state index in [9.17, 15) is 15.2 Å². The van der Waals surface area contributed by atoms with Crippen molar-refractivity contribution in [2.45, 2.75) is 0 Å². The van der Waals surface area contributed by atoms with Gasteiger partial charge in [-0.1, -0.05) is 30.3 Å². The summed E-state index contributed by atoms with van der Waals surface area (Å²) in [5.41, 5.74) is 3.89. The second-order valence-corrected chi connectivity index (χ2v) is 4.68. The monoisotopic (exact) mass is 310 g/mol. The van der Waals surface area contributed by atoms with Gasteiger partial charge < -0.3 is 10.4 Å². The quantitative estimate of drug-likeness (QED) is 0.654. The first kappa shape index (κ1) is 14.4. The molecular weight excluding hydrogens is 298 g/mol. The van der Waals surface area contributed by atoms with Gasteiger partial charge in [-0.15, -0.1) is 0 Å². The number of nitrogens with zero attached hydrogens (tertiary/aromatic N) is 3. The Balaban J connectivity index is 1.86. The van der Waals surface area contributed by atoms with Gasteiger partial charge in [-0.2, -0.15) is 14.7 Å². The smallest absolute Gasteiger partial charge is 0.362 e. The fourth-order valence-corrected chi connectivity index (χ4v) is 2.03. The summed E-state index contributed by atoms with van der Waals surface area (Å²) in [6.07, 6.45) is 7.51. The van der Waals surface area contributed by atoms with Crippen LogP contribution in [0.25, 0.3) is 11.4 Å². The summed E-state index contributed by atoms with van der Waals surface area (Å²) in [4.78, 5) is 11.4. The molecule has 0 fully saturated rings. The molecule has 0 aliphatic heterocycles. The first-order valence-electron chi connectivity index (χ1n) is 6.72. The highest BCUT2D eigenvalue weighted by Crippen LogP contribution is 2.13. The lowest BCUT2D eigenvalue weighted by molar-refractivity contribution is -0.377. The molecule has 0 radical (unpaired) electrons. The van der Waals surface area contributed by atoms with Gasteiger partial charge >= 0.3 is 5.69 Å². The molecule has 0 amide bonds. The third kappa shape index (κ3) is 3.05. The molecule has 116 valence electrons. The maximum atomic E-state index is 11.9. The molecule has 1 aliphatic carbocycles. The van der Waals surface area contributed by atoms with E-state index in [-0.39, 0.29) is 5.71 Å². The van der Waals surface area contributed by atoms with Crippen LogP contribution in [-0.2, 0) is 0 Å². The predicted molar refractivity (Wildman–Crippen MR) is 86.0 cm³/mol. The van der Waals surface area contributed by atoms with Crippen LogP contribution in [0.5, 0.6) is 0 Å². The van der Waals surface area contributed by atoms with E-state index < -0.39 is 10.6 Å². The number of aromatic nitrogens is 3. The molecule has 2 N–H and O–H groups in total. The number of H-pyrrole nitrogens is 1. The van der Waals surface area contributed by atoms with E-state index in [1.54, 1.807) is 18.4 Å². The van der Waals surface area contributed by atoms with E-state index in [1.807, 2.05) is 30.3 Å². The van der Waals surface area contributed by atoms with Crippen LogP contribution >= 0.6 is 0 Å². The topological polar surface area (TPSA) is 112 Å². The van der Waals surface area contributed by atoms with Gasteiger partial charge in [0, 0.05) is 23.9 Å². The number of aromatic amines is 1. The van der Waals surface area contributed by atoms with E-state index in [0.29, 0.717) is 11.4 Å². The lowest BCUT2D eigenvalue weighted by atomic mass is 10.1. The Morgan fingerprint density at radius 2 is 1.83 bits per heavy atom. The first-order chi connectivity index (χ1) is 11.1. The number of rotatable bonds is 3. The Labute approximate surface area is 130 Å². The molecule has 1 aromatic carbocycles. The minimum atomic E-state index is -0.467. The predicted octanol–water partition coefficient (Wildman–Crippen LogP) is 1.24. The van der Waals surface area contributed by atoms with Crippen molar-refractivity contribution in [2.24, 2.45) is 0 Å². The molecule has 1 aromatic heterocycles. The van der Waals surface area contributed by atoms with E-state index in [1.165, 1.54) is 16.8 Å². The van der Waals surface area contributed by atoms with Crippen molar-refractivity contribution in [3.8, 4) is 11.4 Å². The lowest BCUT2D eigenvalue weighted by Gasteiger charge is -2.09. The van der Waals surface area contributed by atoms with Crippen molar-refractivity contribution in [1.29, 1.82) is 0 Å². The van der Waals surface area contributed by atoms with E-state index in [0.717, 1.165) is 5.56 Å². The summed E-state index contributed by atoms with van der Waals surface area (Å²) in [7, 11) is 0. The van der Waals surface area contributed by atoms with Gasteiger partial charge in [0.25, 0.3) is 0 Å². The molecule has 8 heteroatoms. The number of benzene rings is 1. The highest BCUT2D eigenvalue weighted by Gasteiger charge is 2.09. The van der Waals surface area contributed by atoms with Crippen LogP contribution in [0.4, 0.5) is 0 Å². The van der Waals surface area contributed by atoms with Gasteiger partial charge in [0.2, 0.25) is 5.71 Å². The van der Waals surface area contributed by atoms with E-state index in [4.69, 9.17) is 0 Å². The minimum absolute atomic E-state index is 0.00704. The van der Waals surface area contributed by atoms with Crippen molar-refractivity contribution < 1.29 is 4.90 Å². The molecule has 0 bridgehead atoms. The second-order valence-electron chi connectivity index (χ2n) is 4.68. The van der Waals surface area contributed by atoms with Crippen LogP contribution in [0.3, 0.4) is 0 Å². The zero-order valence-electron chi connectivity index (χ0n) is 11.8. The summed E-state index contributed by atoms with van der Waals surface area (Å²) < 4.78 is 1.26. The van der Waals surface area contributed by atoms with Crippen molar-refractivity contribution in [3.63, 3.8) is 0 Å². The zero-order valence-corrected chi connectivity index (χ0v) is 11.8. The highest BCUT2D eigenvalue weighted by atomic mass is 16.8. The van der Waals surface area contributed by atoms with Gasteiger partial charge in [0.1, 0.15) is 0 Å². The van der Waals surface area contributed by atoms with Gasteiger partial charge in [-0.05, 0) is 17.7 Å². The largest absolute Gasteiger partial charge is 0.612 e. The molecule has 0 spiro atoms. The molecule has 0 unspecified atom stereocenters. The summed E-state index contributed by atoms with van der Waals surface area (Å²) in [6, 6.07) is 9.23. The van der Waals surface area contributed by atoms with Crippen LogP contribution in [0.1, 0.15) is 0 Å². The minimum Gasteiger partial charge on any atom is -0.612 e. The molecular formula is C15H12N5O3-. The van der Waals surface area contributed by atoms with Crippen molar-refractivity contribution in [2.75, 3.05) is 5.43 Å². The van der Waals surface area contributed by atoms with Crippen molar-refractivity contribution >= 4 is 5.71 Å². The number of allylic oxidation sites excluding steroid dienone is 5. The number of nitrogens with one attached hydrogen (secondary N) is 2. The Hall–Kier alpha value is -3.55. The standard InChI is InChI=1S/C15H12N5O3/c21-15-18-17-14(12-4-2-1-3-5-12)19(15)16-10-11-6-8-13(9-7-11)20(22)23/h1-10,16H,(H-,18,21,22,23)/q-1. The summed E-state index contributed by atoms with van der Waals surface area (Å²) >= 11 is 0. The molecule has 8 nitrogen and oxygen atoms in total. The number of hydrogen-bond donors (Lipinski definition) is 2. The van der Waals surface area contributed by atoms with Gasteiger partial charge in [0.05, 0.1) is 0 Å². The Kier molecular flexibility index (Phi) is 3.79. The van der Waals surface area contributed by atoms with Crippen LogP contribution in [0.2, 0.25) is 0 Å². The lowest BCUT2D eigenvalue weighted by Crippen LogP contribution is -2.24. The fraction of sp³-hybridized carbons (Fsp3) is 0. The van der Waals surface area contributed by atoms with Crippen molar-refractivity contribution in [3.05, 3.63) is 87.3 Å². The third-order valence-electron chi connectivity index (χ3n) is 3.17. The third-order valence-corrected chi connectivity index (χ3v) is 3.17. The molecule has 2 aromatic rings.